The van der Waals surface area contributed by atoms with Gasteiger partial charge in [-0.15, -0.1) is 0 Å². The van der Waals surface area contributed by atoms with Crippen molar-refractivity contribution < 1.29 is 5.11 Å². The molecule has 0 unspecified atom stereocenters. The van der Waals surface area contributed by atoms with Gasteiger partial charge in [0.25, 0.3) is 0 Å². The van der Waals surface area contributed by atoms with Gasteiger partial charge in [0.1, 0.15) is 11.6 Å². The minimum absolute atomic E-state index is 0.232. The van der Waals surface area contributed by atoms with E-state index in [1.165, 1.54) is 0 Å². The highest BCUT2D eigenvalue weighted by atomic mass is 16.3. The van der Waals surface area contributed by atoms with Crippen LogP contribution in [0.4, 0.5) is 11.5 Å². The van der Waals surface area contributed by atoms with Crippen LogP contribution >= 0.6 is 0 Å². The van der Waals surface area contributed by atoms with Crippen LogP contribution < -0.4 is 10.6 Å². The molecule has 2 aromatic carbocycles. The van der Waals surface area contributed by atoms with Gasteiger partial charge in [-0.1, -0.05) is 24.3 Å². The van der Waals surface area contributed by atoms with E-state index in [-0.39, 0.29) is 5.75 Å². The summed E-state index contributed by atoms with van der Waals surface area (Å²) in [5.74, 6) is 0.707. The molecular weight excluding hydrogens is 286 g/mol. The van der Waals surface area contributed by atoms with Gasteiger partial charge in [-0.05, 0) is 41.5 Å². The van der Waals surface area contributed by atoms with Gasteiger partial charge in [-0.25, -0.2) is 4.98 Å². The summed E-state index contributed by atoms with van der Waals surface area (Å²) < 4.78 is 0. The zero-order valence-electron chi connectivity index (χ0n) is 13.2. The standard InChI is InChI=1S/C19H19N3O/c1-22(2)16-5-3-4-14(10-16)15-11-18(19(20)21-12-15)13-6-8-17(23)9-7-13/h3-12,23H,1-2H3,(H2,20,21). The molecular formula is C19H19N3O. The Balaban J connectivity index is 2.07. The Morgan fingerprint density at radius 1 is 0.913 bits per heavy atom. The van der Waals surface area contributed by atoms with Gasteiger partial charge in [-0.3, -0.25) is 0 Å². The molecule has 0 spiro atoms. The molecule has 0 bridgehead atoms. The number of hydrogen-bond donors (Lipinski definition) is 2. The third-order valence-electron chi connectivity index (χ3n) is 3.79. The molecule has 0 aliphatic rings. The minimum Gasteiger partial charge on any atom is -0.508 e. The normalized spacial score (nSPS) is 10.5. The number of benzene rings is 2. The lowest BCUT2D eigenvalue weighted by Crippen LogP contribution is -2.08. The molecule has 1 aromatic heterocycles. The van der Waals surface area contributed by atoms with Crippen LogP contribution in [0.15, 0.2) is 60.8 Å². The fourth-order valence-corrected chi connectivity index (χ4v) is 2.47. The zero-order chi connectivity index (χ0) is 16.4. The van der Waals surface area contributed by atoms with Crippen molar-refractivity contribution in [3.05, 3.63) is 60.8 Å². The summed E-state index contributed by atoms with van der Waals surface area (Å²) in [4.78, 5) is 6.40. The van der Waals surface area contributed by atoms with Gasteiger partial charge in [0.15, 0.2) is 0 Å². The van der Waals surface area contributed by atoms with E-state index in [0.717, 1.165) is 27.9 Å². The highest BCUT2D eigenvalue weighted by Gasteiger charge is 2.08. The Morgan fingerprint density at radius 2 is 1.65 bits per heavy atom. The molecule has 3 rings (SSSR count). The number of pyridine rings is 1. The average molecular weight is 305 g/mol. The van der Waals surface area contributed by atoms with Crippen LogP contribution in [0.2, 0.25) is 0 Å². The fourth-order valence-electron chi connectivity index (χ4n) is 2.47. The summed E-state index contributed by atoms with van der Waals surface area (Å²) >= 11 is 0. The molecule has 0 fully saturated rings. The topological polar surface area (TPSA) is 62.4 Å². The van der Waals surface area contributed by atoms with E-state index in [1.54, 1.807) is 18.3 Å². The Labute approximate surface area is 135 Å². The number of phenolic OH excluding ortho intramolecular Hbond substituents is 1. The number of phenols is 1. The van der Waals surface area contributed by atoms with Crippen molar-refractivity contribution in [2.45, 2.75) is 0 Å². The first-order valence-electron chi connectivity index (χ1n) is 7.37. The third kappa shape index (κ3) is 3.11. The van der Waals surface area contributed by atoms with E-state index < -0.39 is 0 Å². The van der Waals surface area contributed by atoms with E-state index >= 15 is 0 Å². The minimum atomic E-state index is 0.232. The predicted octanol–water partition coefficient (Wildman–Crippen LogP) is 3.77. The first-order valence-corrected chi connectivity index (χ1v) is 7.37. The zero-order valence-corrected chi connectivity index (χ0v) is 13.2. The quantitative estimate of drug-likeness (QED) is 0.773. The number of rotatable bonds is 3. The SMILES string of the molecule is CN(C)c1cccc(-c2cnc(N)c(-c3ccc(O)cc3)c2)c1. The highest BCUT2D eigenvalue weighted by molar-refractivity contribution is 5.80. The van der Waals surface area contributed by atoms with Crippen LogP contribution in [-0.4, -0.2) is 24.2 Å². The van der Waals surface area contributed by atoms with Crippen LogP contribution in [-0.2, 0) is 0 Å². The summed E-state index contributed by atoms with van der Waals surface area (Å²) in [6, 6.07) is 17.3. The lowest BCUT2D eigenvalue weighted by Gasteiger charge is -2.14. The summed E-state index contributed by atoms with van der Waals surface area (Å²) in [5, 5.41) is 9.44. The van der Waals surface area contributed by atoms with E-state index in [2.05, 4.69) is 28.1 Å². The fraction of sp³-hybridized carbons (Fsp3) is 0.105. The van der Waals surface area contributed by atoms with Gasteiger partial charge < -0.3 is 15.7 Å². The second kappa shape index (κ2) is 6.01. The molecule has 0 amide bonds. The molecule has 116 valence electrons. The van der Waals surface area contributed by atoms with Gasteiger partial charge >= 0.3 is 0 Å². The van der Waals surface area contributed by atoms with Crippen molar-refractivity contribution >= 4 is 11.5 Å². The number of aromatic nitrogens is 1. The monoisotopic (exact) mass is 305 g/mol. The molecule has 3 aromatic rings. The maximum atomic E-state index is 9.44. The van der Waals surface area contributed by atoms with Crippen LogP contribution in [0.5, 0.6) is 5.75 Å². The summed E-state index contributed by atoms with van der Waals surface area (Å²) in [7, 11) is 4.03. The predicted molar refractivity (Wildman–Crippen MR) is 95.5 cm³/mol. The van der Waals surface area contributed by atoms with Crippen molar-refractivity contribution in [3.8, 4) is 28.0 Å². The van der Waals surface area contributed by atoms with Crippen molar-refractivity contribution in [1.82, 2.24) is 4.98 Å². The lowest BCUT2D eigenvalue weighted by atomic mass is 10.0. The molecule has 4 nitrogen and oxygen atoms in total. The molecule has 0 radical (unpaired) electrons. The third-order valence-corrected chi connectivity index (χ3v) is 3.79. The van der Waals surface area contributed by atoms with E-state index in [9.17, 15) is 5.11 Å². The van der Waals surface area contributed by atoms with Crippen LogP contribution in [0.3, 0.4) is 0 Å². The molecule has 0 aliphatic carbocycles. The Kier molecular flexibility index (Phi) is 3.89. The molecule has 0 atom stereocenters. The van der Waals surface area contributed by atoms with E-state index in [1.807, 2.05) is 38.4 Å². The van der Waals surface area contributed by atoms with Crippen LogP contribution in [0.1, 0.15) is 0 Å². The molecule has 23 heavy (non-hydrogen) atoms. The Hall–Kier alpha value is -3.01. The second-order valence-electron chi connectivity index (χ2n) is 5.65. The van der Waals surface area contributed by atoms with Gasteiger partial charge in [0.2, 0.25) is 0 Å². The van der Waals surface area contributed by atoms with E-state index in [4.69, 9.17) is 5.73 Å². The molecule has 1 heterocycles. The highest BCUT2D eigenvalue weighted by Crippen LogP contribution is 2.31. The van der Waals surface area contributed by atoms with Gasteiger partial charge in [-0.2, -0.15) is 0 Å². The first-order chi connectivity index (χ1) is 11.0. The summed E-state index contributed by atoms with van der Waals surface area (Å²) in [5.41, 5.74) is 11.0. The summed E-state index contributed by atoms with van der Waals surface area (Å²) in [6.07, 6.45) is 1.79. The largest absolute Gasteiger partial charge is 0.508 e. The molecule has 0 aliphatic heterocycles. The first kappa shape index (κ1) is 14.9. The number of nitrogens with zero attached hydrogens (tertiary/aromatic N) is 2. The number of nitrogens with two attached hydrogens (primary N) is 1. The van der Waals surface area contributed by atoms with Gasteiger partial charge in [0, 0.05) is 37.1 Å². The number of aromatic hydroxyl groups is 1. The smallest absolute Gasteiger partial charge is 0.131 e. The molecule has 4 heteroatoms. The average Bonchev–Trinajstić information content (AvgIpc) is 2.56. The second-order valence-corrected chi connectivity index (χ2v) is 5.65. The lowest BCUT2D eigenvalue weighted by molar-refractivity contribution is 0.475. The summed E-state index contributed by atoms with van der Waals surface area (Å²) in [6.45, 7) is 0. The van der Waals surface area contributed by atoms with Crippen molar-refractivity contribution in [1.29, 1.82) is 0 Å². The number of nitrogen functional groups attached to an aromatic ring is 1. The van der Waals surface area contributed by atoms with Crippen LogP contribution in [0.25, 0.3) is 22.3 Å². The Morgan fingerprint density at radius 3 is 2.35 bits per heavy atom. The van der Waals surface area contributed by atoms with Crippen molar-refractivity contribution in [3.63, 3.8) is 0 Å². The Bertz CT molecular complexity index is 826. The van der Waals surface area contributed by atoms with Gasteiger partial charge in [0.05, 0.1) is 0 Å². The number of hydrogen-bond acceptors (Lipinski definition) is 4. The molecule has 0 saturated carbocycles. The maximum Gasteiger partial charge on any atom is 0.131 e. The van der Waals surface area contributed by atoms with Crippen molar-refractivity contribution in [2.24, 2.45) is 0 Å². The number of anilines is 2. The van der Waals surface area contributed by atoms with Crippen LogP contribution in [0, 0.1) is 0 Å². The molecule has 0 saturated heterocycles. The maximum absolute atomic E-state index is 9.44. The van der Waals surface area contributed by atoms with E-state index in [0.29, 0.717) is 5.82 Å². The van der Waals surface area contributed by atoms with Crippen molar-refractivity contribution in [2.75, 3.05) is 24.7 Å². The molecule has 3 N–H and O–H groups in total.